The van der Waals surface area contributed by atoms with Crippen molar-refractivity contribution in [1.82, 2.24) is 0 Å². The van der Waals surface area contributed by atoms with E-state index < -0.39 is 0 Å². The van der Waals surface area contributed by atoms with Crippen molar-refractivity contribution < 1.29 is 0 Å². The molecular formula is C11H11. The summed E-state index contributed by atoms with van der Waals surface area (Å²) < 4.78 is 0. The highest BCUT2D eigenvalue weighted by Crippen LogP contribution is 2.41. The van der Waals surface area contributed by atoms with Crippen LogP contribution in [0.15, 0.2) is 24.8 Å². The van der Waals surface area contributed by atoms with Gasteiger partial charge in [0.05, 0.1) is 0 Å². The first kappa shape index (κ1) is 6.66. The summed E-state index contributed by atoms with van der Waals surface area (Å²) in [6, 6.07) is 9.23. The molecule has 1 aromatic carbocycles. The minimum Gasteiger partial charge on any atom is -0.0985 e. The van der Waals surface area contributed by atoms with Crippen LogP contribution in [0.25, 0.3) is 6.08 Å². The lowest BCUT2D eigenvalue weighted by Gasteiger charge is -2.01. The number of benzene rings is 1. The molecule has 1 fully saturated rings. The molecule has 0 nitrogen and oxygen atoms in total. The largest absolute Gasteiger partial charge is 0.0985 e. The van der Waals surface area contributed by atoms with Crippen molar-refractivity contribution in [1.29, 1.82) is 0 Å². The Labute approximate surface area is 67.6 Å². The number of rotatable bonds is 2. The summed E-state index contributed by atoms with van der Waals surface area (Å²) in [6.45, 7) is 3.79. The molecule has 0 spiro atoms. The maximum Gasteiger partial charge on any atom is -0.0155 e. The van der Waals surface area contributed by atoms with Gasteiger partial charge in [0, 0.05) is 0 Å². The van der Waals surface area contributed by atoms with Gasteiger partial charge in [-0.3, -0.25) is 0 Å². The Morgan fingerprint density at radius 2 is 2.36 bits per heavy atom. The third-order valence-corrected chi connectivity index (χ3v) is 2.17. The molecule has 1 aliphatic carbocycles. The normalized spacial score (nSPS) is 16.4. The Hall–Kier alpha value is -1.04. The van der Waals surface area contributed by atoms with E-state index in [-0.39, 0.29) is 0 Å². The highest BCUT2D eigenvalue weighted by molar-refractivity contribution is 5.53. The second kappa shape index (κ2) is 2.54. The Morgan fingerprint density at radius 3 is 3.00 bits per heavy atom. The van der Waals surface area contributed by atoms with Crippen LogP contribution in [0.1, 0.15) is 29.9 Å². The lowest BCUT2D eigenvalue weighted by Crippen LogP contribution is -1.83. The van der Waals surface area contributed by atoms with Gasteiger partial charge >= 0.3 is 0 Å². The van der Waals surface area contributed by atoms with Crippen LogP contribution in [0.5, 0.6) is 0 Å². The van der Waals surface area contributed by atoms with Gasteiger partial charge in [0.1, 0.15) is 0 Å². The molecule has 0 N–H and O–H groups in total. The maximum absolute atomic E-state index is 3.79. The van der Waals surface area contributed by atoms with E-state index in [1.165, 1.54) is 24.0 Å². The fraction of sp³-hybridized carbons (Fsp3) is 0.273. The van der Waals surface area contributed by atoms with Crippen LogP contribution in [-0.4, -0.2) is 0 Å². The molecule has 55 valence electrons. The molecule has 0 bridgehead atoms. The van der Waals surface area contributed by atoms with E-state index in [0.29, 0.717) is 0 Å². The van der Waals surface area contributed by atoms with Crippen molar-refractivity contribution in [3.05, 3.63) is 42.0 Å². The second-order valence-electron chi connectivity index (χ2n) is 3.03. The Balaban J connectivity index is 2.42. The summed E-state index contributed by atoms with van der Waals surface area (Å²) in [7, 11) is 0. The zero-order valence-electron chi connectivity index (χ0n) is 6.51. The van der Waals surface area contributed by atoms with Crippen molar-refractivity contribution in [3.8, 4) is 0 Å². The van der Waals surface area contributed by atoms with Crippen LogP contribution in [0.4, 0.5) is 0 Å². The fourth-order valence-electron chi connectivity index (χ4n) is 1.39. The van der Waals surface area contributed by atoms with Crippen molar-refractivity contribution in [3.63, 3.8) is 0 Å². The molecule has 0 atom stereocenters. The molecule has 0 amide bonds. The Bertz CT molecular complexity index is 269. The van der Waals surface area contributed by atoms with Crippen LogP contribution in [-0.2, 0) is 0 Å². The average molecular weight is 143 g/mol. The second-order valence-corrected chi connectivity index (χ2v) is 3.03. The summed E-state index contributed by atoms with van der Waals surface area (Å²) in [5.41, 5.74) is 2.72. The van der Waals surface area contributed by atoms with Crippen LogP contribution >= 0.6 is 0 Å². The molecule has 0 aromatic heterocycles. The van der Waals surface area contributed by atoms with E-state index in [1.54, 1.807) is 0 Å². The molecular weight excluding hydrogens is 132 g/mol. The van der Waals surface area contributed by atoms with Gasteiger partial charge in [-0.15, -0.1) is 0 Å². The van der Waals surface area contributed by atoms with Gasteiger partial charge < -0.3 is 0 Å². The van der Waals surface area contributed by atoms with Crippen LogP contribution < -0.4 is 0 Å². The van der Waals surface area contributed by atoms with Gasteiger partial charge in [0.25, 0.3) is 0 Å². The quantitative estimate of drug-likeness (QED) is 0.597. The lowest BCUT2D eigenvalue weighted by molar-refractivity contribution is 1.12. The van der Waals surface area contributed by atoms with Gasteiger partial charge in [0.2, 0.25) is 0 Å². The Kier molecular flexibility index (Phi) is 1.54. The summed E-state index contributed by atoms with van der Waals surface area (Å²) in [4.78, 5) is 0. The maximum atomic E-state index is 3.79. The van der Waals surface area contributed by atoms with Crippen LogP contribution in [0.3, 0.4) is 0 Å². The van der Waals surface area contributed by atoms with Gasteiger partial charge in [-0.2, -0.15) is 0 Å². The van der Waals surface area contributed by atoms with Gasteiger partial charge in [-0.05, 0) is 36.0 Å². The highest BCUT2D eigenvalue weighted by atomic mass is 14.3. The molecule has 0 heteroatoms. The van der Waals surface area contributed by atoms with E-state index in [9.17, 15) is 0 Å². The number of hydrogen-bond acceptors (Lipinski definition) is 0. The first-order chi connectivity index (χ1) is 5.42. The molecule has 11 heavy (non-hydrogen) atoms. The van der Waals surface area contributed by atoms with Crippen molar-refractivity contribution in [2.75, 3.05) is 0 Å². The summed E-state index contributed by atoms with van der Waals surface area (Å²) in [6.07, 6.45) is 4.62. The molecule has 0 unspecified atom stereocenters. The SMILES string of the molecule is C=Cc1cc[c]cc1C1CC1. The lowest BCUT2D eigenvalue weighted by atomic mass is 10.0. The fourth-order valence-corrected chi connectivity index (χ4v) is 1.39. The summed E-state index contributed by atoms with van der Waals surface area (Å²) in [5.74, 6) is 0.806. The summed E-state index contributed by atoms with van der Waals surface area (Å²) in [5, 5.41) is 0. The zero-order chi connectivity index (χ0) is 7.68. The molecule has 1 aliphatic rings. The molecule has 0 saturated heterocycles. The molecule has 2 rings (SSSR count). The molecule has 0 heterocycles. The van der Waals surface area contributed by atoms with E-state index in [4.69, 9.17) is 0 Å². The zero-order valence-corrected chi connectivity index (χ0v) is 6.51. The predicted octanol–water partition coefficient (Wildman–Crippen LogP) is 3.01. The van der Waals surface area contributed by atoms with Gasteiger partial charge in [-0.25, -0.2) is 0 Å². The van der Waals surface area contributed by atoms with Crippen molar-refractivity contribution >= 4 is 6.08 Å². The molecule has 1 saturated carbocycles. The van der Waals surface area contributed by atoms with Crippen LogP contribution in [0, 0.1) is 6.07 Å². The van der Waals surface area contributed by atoms with Crippen LogP contribution in [0.2, 0.25) is 0 Å². The standard InChI is InChI=1S/C11H11/c1-2-9-5-3-4-6-11(9)10-7-8-10/h2-3,5-6,10H,1,7-8H2. The van der Waals surface area contributed by atoms with Gasteiger partial charge in [-0.1, -0.05) is 30.9 Å². The van der Waals surface area contributed by atoms with Crippen molar-refractivity contribution in [2.45, 2.75) is 18.8 Å². The molecule has 1 radical (unpaired) electrons. The Morgan fingerprint density at radius 1 is 1.55 bits per heavy atom. The smallest absolute Gasteiger partial charge is 0.0155 e. The first-order valence-corrected chi connectivity index (χ1v) is 4.04. The van der Waals surface area contributed by atoms with E-state index in [0.717, 1.165) is 5.92 Å². The number of hydrogen-bond donors (Lipinski definition) is 0. The van der Waals surface area contributed by atoms with Gasteiger partial charge in [0.15, 0.2) is 0 Å². The van der Waals surface area contributed by atoms with Crippen molar-refractivity contribution in [2.24, 2.45) is 0 Å². The van der Waals surface area contributed by atoms with E-state index in [2.05, 4.69) is 24.8 Å². The topological polar surface area (TPSA) is 0 Å². The average Bonchev–Trinajstić information content (AvgIpc) is 2.87. The third-order valence-electron chi connectivity index (χ3n) is 2.17. The minimum absolute atomic E-state index is 0.806. The van der Waals surface area contributed by atoms with E-state index in [1.807, 2.05) is 12.1 Å². The third kappa shape index (κ3) is 1.21. The molecule has 0 aliphatic heterocycles. The highest BCUT2D eigenvalue weighted by Gasteiger charge is 2.24. The van der Waals surface area contributed by atoms with E-state index >= 15 is 0 Å². The molecule has 1 aromatic rings. The monoisotopic (exact) mass is 143 g/mol. The minimum atomic E-state index is 0.806. The summed E-state index contributed by atoms with van der Waals surface area (Å²) >= 11 is 0. The predicted molar refractivity (Wildman–Crippen MR) is 47.3 cm³/mol. The first-order valence-electron chi connectivity index (χ1n) is 4.04.